The Labute approximate surface area is 398 Å². The molecular formula is C56H95O8P. The van der Waals surface area contributed by atoms with Crippen LogP contribution in [0.1, 0.15) is 219 Å². The lowest BCUT2D eigenvalue weighted by molar-refractivity contribution is -0.161. The molecule has 0 bridgehead atoms. The second-order valence-electron chi connectivity index (χ2n) is 16.9. The van der Waals surface area contributed by atoms with E-state index in [9.17, 15) is 19.0 Å². The number of esters is 2. The zero-order valence-corrected chi connectivity index (χ0v) is 42.5. The van der Waals surface area contributed by atoms with Gasteiger partial charge in [-0.15, -0.1) is 0 Å². The predicted molar refractivity (Wildman–Crippen MR) is 276 cm³/mol. The van der Waals surface area contributed by atoms with Crippen LogP contribution in [0.2, 0.25) is 0 Å². The number of unbranched alkanes of at least 4 members (excludes halogenated alkanes) is 20. The molecule has 2 atom stereocenters. The van der Waals surface area contributed by atoms with Gasteiger partial charge in [0, 0.05) is 20.0 Å². The minimum absolute atomic E-state index is 0.234. The first kappa shape index (κ1) is 62.0. The standard InChI is InChI=1S/C56H95O8P/c1-4-6-8-10-12-14-16-18-20-22-24-26-28-30-32-34-36-38-40-42-44-46-48-50-55(57)62-52-54(53-63-65(59,60)61-3)64-56(58)51-49-47-45-43-41-39-37-35-33-31-29-27-25-23-21-19-17-15-13-11-9-7-5-2/h6-9,12-15,18-21,24-27,54H,4-5,10-11,16-17,22-23,28-53H2,1-3H3,(H,59,60)/b8-6-,9-7-,14-12-,15-13-,20-18-,21-19-,26-24-,27-25-. The van der Waals surface area contributed by atoms with Gasteiger partial charge in [0.15, 0.2) is 6.10 Å². The molecule has 0 saturated carbocycles. The number of hydrogen-bond acceptors (Lipinski definition) is 7. The molecule has 8 nitrogen and oxygen atoms in total. The summed E-state index contributed by atoms with van der Waals surface area (Å²) in [4.78, 5) is 34.7. The molecule has 0 aliphatic heterocycles. The average Bonchev–Trinajstić information content (AvgIpc) is 3.30. The summed E-state index contributed by atoms with van der Waals surface area (Å²) in [6.45, 7) is 3.67. The SMILES string of the molecule is CC/C=C\C/C=C\C/C=C\C/C=C\CCCCCCCCCCCCC(=O)OCC(COP(=O)(O)OC)OC(=O)CCCCCCCCCCCC/C=C\C/C=C\C/C=C\C/C=C\CC. The fraction of sp³-hybridized carbons (Fsp3) is 0.679. The van der Waals surface area contributed by atoms with E-state index in [1.165, 1.54) is 83.5 Å². The molecule has 0 aromatic heterocycles. The molecule has 2 unspecified atom stereocenters. The molecule has 1 N–H and O–H groups in total. The van der Waals surface area contributed by atoms with Gasteiger partial charge in [-0.1, -0.05) is 214 Å². The summed E-state index contributed by atoms with van der Waals surface area (Å²) >= 11 is 0. The molecule has 0 aromatic carbocycles. The second kappa shape index (κ2) is 50.4. The number of hydrogen-bond donors (Lipinski definition) is 1. The van der Waals surface area contributed by atoms with E-state index in [2.05, 4.69) is 116 Å². The number of carbonyl (C=O) groups excluding carboxylic acids is 2. The van der Waals surface area contributed by atoms with E-state index in [0.717, 1.165) is 110 Å². The predicted octanol–water partition coefficient (Wildman–Crippen LogP) is 17.2. The lowest BCUT2D eigenvalue weighted by atomic mass is 10.0. The third-order valence-electron chi connectivity index (χ3n) is 10.8. The van der Waals surface area contributed by atoms with Crippen LogP contribution in [-0.2, 0) is 32.7 Å². The Hall–Kier alpha value is -3.03. The van der Waals surface area contributed by atoms with Gasteiger partial charge in [0.25, 0.3) is 0 Å². The molecule has 0 aliphatic rings. The zero-order chi connectivity index (χ0) is 47.4. The summed E-state index contributed by atoms with van der Waals surface area (Å²) in [6.07, 6.45) is 68.9. The van der Waals surface area contributed by atoms with Crippen LogP contribution in [0.3, 0.4) is 0 Å². The van der Waals surface area contributed by atoms with Crippen LogP contribution < -0.4 is 0 Å². The maximum Gasteiger partial charge on any atom is 0.472 e. The molecule has 0 rings (SSSR count). The van der Waals surface area contributed by atoms with Crippen LogP contribution in [0.25, 0.3) is 0 Å². The van der Waals surface area contributed by atoms with Crippen LogP contribution in [0, 0.1) is 0 Å². The Bertz CT molecular complexity index is 1370. The van der Waals surface area contributed by atoms with Crippen molar-refractivity contribution in [3.05, 3.63) is 97.2 Å². The zero-order valence-electron chi connectivity index (χ0n) is 41.6. The van der Waals surface area contributed by atoms with E-state index in [4.69, 9.17) is 14.0 Å². The van der Waals surface area contributed by atoms with Gasteiger partial charge in [0.2, 0.25) is 0 Å². The molecule has 0 heterocycles. The van der Waals surface area contributed by atoms with E-state index < -0.39 is 26.5 Å². The monoisotopic (exact) mass is 927 g/mol. The summed E-state index contributed by atoms with van der Waals surface area (Å²) in [5, 5.41) is 0. The van der Waals surface area contributed by atoms with Crippen molar-refractivity contribution >= 4 is 19.8 Å². The summed E-state index contributed by atoms with van der Waals surface area (Å²) in [5.74, 6) is -0.816. The Morgan fingerprint density at radius 3 is 1.09 bits per heavy atom. The Balaban J connectivity index is 3.93. The summed E-state index contributed by atoms with van der Waals surface area (Å²) < 4.78 is 32.2. The highest BCUT2D eigenvalue weighted by molar-refractivity contribution is 7.47. The molecule has 0 fully saturated rings. The van der Waals surface area contributed by atoms with Gasteiger partial charge in [0.05, 0.1) is 6.61 Å². The van der Waals surface area contributed by atoms with Crippen molar-refractivity contribution in [2.24, 2.45) is 0 Å². The first-order chi connectivity index (χ1) is 31.8. The molecule has 0 radical (unpaired) electrons. The topological polar surface area (TPSA) is 108 Å². The number of ether oxygens (including phenoxy) is 2. The van der Waals surface area contributed by atoms with Gasteiger partial charge < -0.3 is 14.4 Å². The highest BCUT2D eigenvalue weighted by atomic mass is 31.2. The molecule has 9 heteroatoms. The van der Waals surface area contributed by atoms with Gasteiger partial charge >= 0.3 is 19.8 Å². The van der Waals surface area contributed by atoms with Crippen molar-refractivity contribution in [1.29, 1.82) is 0 Å². The quantitative estimate of drug-likeness (QED) is 0.0278. The molecule has 0 amide bonds. The molecule has 0 saturated heterocycles. The van der Waals surface area contributed by atoms with E-state index in [1.54, 1.807) is 0 Å². The van der Waals surface area contributed by atoms with Crippen molar-refractivity contribution in [3.63, 3.8) is 0 Å². The molecule has 0 spiro atoms. The first-order valence-corrected chi connectivity index (χ1v) is 27.4. The fourth-order valence-electron chi connectivity index (χ4n) is 6.94. The lowest BCUT2D eigenvalue weighted by Gasteiger charge is -2.19. The van der Waals surface area contributed by atoms with Crippen LogP contribution in [0.15, 0.2) is 97.2 Å². The minimum Gasteiger partial charge on any atom is -0.462 e. The number of phosphoric acid groups is 1. The average molecular weight is 927 g/mol. The number of rotatable bonds is 47. The van der Waals surface area contributed by atoms with Crippen molar-refractivity contribution in [2.45, 2.75) is 225 Å². The van der Waals surface area contributed by atoms with E-state index in [0.29, 0.717) is 6.42 Å². The van der Waals surface area contributed by atoms with E-state index >= 15 is 0 Å². The number of carbonyl (C=O) groups is 2. The smallest absolute Gasteiger partial charge is 0.462 e. The van der Waals surface area contributed by atoms with Gasteiger partial charge in [-0.2, -0.15) is 0 Å². The van der Waals surface area contributed by atoms with Crippen LogP contribution >= 0.6 is 7.82 Å². The molecular weight excluding hydrogens is 832 g/mol. The third-order valence-corrected chi connectivity index (χ3v) is 11.8. The normalized spacial score (nSPS) is 14.0. The fourth-order valence-corrected chi connectivity index (χ4v) is 7.40. The largest absolute Gasteiger partial charge is 0.472 e. The Morgan fingerprint density at radius 2 is 0.738 bits per heavy atom. The van der Waals surface area contributed by atoms with Gasteiger partial charge in [-0.05, 0) is 89.9 Å². The first-order valence-electron chi connectivity index (χ1n) is 25.9. The molecule has 372 valence electrons. The van der Waals surface area contributed by atoms with Crippen molar-refractivity contribution in [1.82, 2.24) is 0 Å². The van der Waals surface area contributed by atoms with Gasteiger partial charge in [0.1, 0.15) is 6.61 Å². The van der Waals surface area contributed by atoms with Crippen LogP contribution in [-0.4, -0.2) is 43.3 Å². The van der Waals surface area contributed by atoms with Crippen molar-refractivity contribution < 1.29 is 37.6 Å². The van der Waals surface area contributed by atoms with Crippen molar-refractivity contribution in [3.8, 4) is 0 Å². The Kier molecular flexibility index (Phi) is 48.0. The van der Waals surface area contributed by atoms with Gasteiger partial charge in [-0.25, -0.2) is 4.57 Å². The summed E-state index contributed by atoms with van der Waals surface area (Å²) in [5.41, 5.74) is 0. The van der Waals surface area contributed by atoms with E-state index in [-0.39, 0.29) is 25.4 Å². The Morgan fingerprint density at radius 1 is 0.431 bits per heavy atom. The maximum atomic E-state index is 12.6. The maximum absolute atomic E-state index is 12.6. The van der Waals surface area contributed by atoms with E-state index in [1.807, 2.05) is 0 Å². The molecule has 0 aromatic rings. The van der Waals surface area contributed by atoms with Crippen LogP contribution in [0.5, 0.6) is 0 Å². The molecule has 0 aliphatic carbocycles. The molecule has 65 heavy (non-hydrogen) atoms. The van der Waals surface area contributed by atoms with Crippen molar-refractivity contribution in [2.75, 3.05) is 20.3 Å². The highest BCUT2D eigenvalue weighted by Gasteiger charge is 2.24. The summed E-state index contributed by atoms with van der Waals surface area (Å²) in [6, 6.07) is 0. The minimum atomic E-state index is -4.28. The van der Waals surface area contributed by atoms with Crippen LogP contribution in [0.4, 0.5) is 0 Å². The highest BCUT2D eigenvalue weighted by Crippen LogP contribution is 2.42. The lowest BCUT2D eigenvalue weighted by Crippen LogP contribution is -2.29. The number of allylic oxidation sites excluding steroid dienone is 16. The van der Waals surface area contributed by atoms with Gasteiger partial charge in [-0.3, -0.25) is 18.6 Å². The second-order valence-corrected chi connectivity index (χ2v) is 18.5. The third kappa shape index (κ3) is 50.2. The summed E-state index contributed by atoms with van der Waals surface area (Å²) in [7, 11) is -3.21. The number of phosphoric ester groups is 1.